The molecule has 1 aromatic carbocycles. The van der Waals surface area contributed by atoms with E-state index in [1.807, 2.05) is 11.9 Å². The zero-order chi connectivity index (χ0) is 25.5. The van der Waals surface area contributed by atoms with E-state index in [9.17, 15) is 9.59 Å². The standard InChI is InChI=1S/C21H39N3O2.C4H10.C3H8/c1-5-7-9-10-11-13-15-23(3)17-14-22-18-19(21(26)20(18)25)24(4)16-12-8-6-2;1-3-4-2;1-3-2/h22H,5-17H2,1-4H3;3-4H2,1-2H3;3H2,1-2H3. The molecule has 33 heavy (non-hydrogen) atoms. The van der Waals surface area contributed by atoms with Crippen molar-refractivity contribution >= 4 is 11.4 Å². The van der Waals surface area contributed by atoms with E-state index in [2.05, 4.69) is 58.8 Å². The third-order valence-electron chi connectivity index (χ3n) is 5.55. The van der Waals surface area contributed by atoms with Gasteiger partial charge in [-0.25, -0.2) is 0 Å². The Labute approximate surface area is 206 Å². The Balaban J connectivity index is 0. The summed E-state index contributed by atoms with van der Waals surface area (Å²) in [4.78, 5) is 28.0. The Bertz CT molecular complexity index is 607. The van der Waals surface area contributed by atoms with Crippen molar-refractivity contribution in [1.82, 2.24) is 4.90 Å². The molecule has 5 nitrogen and oxygen atoms in total. The van der Waals surface area contributed by atoms with Gasteiger partial charge in [0.15, 0.2) is 0 Å². The van der Waals surface area contributed by atoms with E-state index in [4.69, 9.17) is 0 Å². The van der Waals surface area contributed by atoms with Crippen molar-refractivity contribution in [3.05, 3.63) is 20.4 Å². The van der Waals surface area contributed by atoms with E-state index < -0.39 is 0 Å². The highest BCUT2D eigenvalue weighted by molar-refractivity contribution is 5.74. The van der Waals surface area contributed by atoms with Crippen LogP contribution in [0.2, 0.25) is 0 Å². The minimum atomic E-state index is -0.360. The van der Waals surface area contributed by atoms with Crippen molar-refractivity contribution in [1.29, 1.82) is 0 Å². The van der Waals surface area contributed by atoms with Crippen LogP contribution in [0.1, 0.15) is 119 Å². The topological polar surface area (TPSA) is 52.6 Å². The van der Waals surface area contributed by atoms with Crippen LogP contribution in [0, 0.1) is 0 Å². The molecule has 1 rings (SSSR count). The molecule has 0 fully saturated rings. The molecule has 0 radical (unpaired) electrons. The Morgan fingerprint density at radius 1 is 0.606 bits per heavy atom. The van der Waals surface area contributed by atoms with E-state index in [1.54, 1.807) is 0 Å². The molecular formula is C28H57N3O2. The van der Waals surface area contributed by atoms with Gasteiger partial charge in [0.2, 0.25) is 0 Å². The van der Waals surface area contributed by atoms with Crippen molar-refractivity contribution in [2.45, 2.75) is 119 Å². The molecule has 0 spiro atoms. The first-order valence-electron chi connectivity index (χ1n) is 13.8. The van der Waals surface area contributed by atoms with Gasteiger partial charge in [-0.15, -0.1) is 0 Å². The van der Waals surface area contributed by atoms with Crippen LogP contribution in [0.3, 0.4) is 0 Å². The molecule has 1 aromatic rings. The van der Waals surface area contributed by atoms with Crippen LogP contribution in [-0.4, -0.2) is 45.2 Å². The quantitative estimate of drug-likeness (QED) is 0.201. The highest BCUT2D eigenvalue weighted by Crippen LogP contribution is 2.19. The van der Waals surface area contributed by atoms with Crippen molar-refractivity contribution in [2.24, 2.45) is 0 Å². The van der Waals surface area contributed by atoms with Crippen LogP contribution in [0.5, 0.6) is 0 Å². The largest absolute Gasteiger partial charge is 0.379 e. The van der Waals surface area contributed by atoms with Gasteiger partial charge in [0.25, 0.3) is 10.9 Å². The highest BCUT2D eigenvalue weighted by Gasteiger charge is 2.23. The second kappa shape index (κ2) is 23.8. The molecule has 0 aliphatic heterocycles. The number of anilines is 2. The maximum absolute atomic E-state index is 11.9. The Morgan fingerprint density at radius 2 is 1.09 bits per heavy atom. The fraction of sp³-hybridized carbons (Fsp3) is 0.857. The molecule has 0 amide bonds. The van der Waals surface area contributed by atoms with Crippen LogP contribution >= 0.6 is 0 Å². The molecule has 0 saturated heterocycles. The lowest BCUT2D eigenvalue weighted by atomic mass is 10.1. The van der Waals surface area contributed by atoms with Gasteiger partial charge in [-0.1, -0.05) is 106 Å². The SMILES string of the molecule is CCC.CCCC.CCCCCCCCN(C)CCNc1c(N(C)CCCCC)c(=O)c1=O. The molecule has 1 N–H and O–H groups in total. The molecular weight excluding hydrogens is 410 g/mol. The summed E-state index contributed by atoms with van der Waals surface area (Å²) in [5.41, 5.74) is 0.388. The summed E-state index contributed by atoms with van der Waals surface area (Å²) in [6, 6.07) is 0. The highest BCUT2D eigenvalue weighted by atomic mass is 16.2. The Hall–Kier alpha value is -1.36. The van der Waals surface area contributed by atoms with Crippen LogP contribution in [0.15, 0.2) is 9.59 Å². The minimum Gasteiger partial charge on any atom is -0.379 e. The monoisotopic (exact) mass is 467 g/mol. The maximum Gasteiger partial charge on any atom is 0.253 e. The number of rotatable bonds is 17. The first kappa shape index (κ1) is 33.8. The predicted octanol–water partition coefficient (Wildman–Crippen LogP) is 6.84. The van der Waals surface area contributed by atoms with Crippen LogP contribution in [0.4, 0.5) is 11.4 Å². The average Bonchev–Trinajstić information content (AvgIpc) is 2.81. The van der Waals surface area contributed by atoms with Gasteiger partial charge in [-0.3, -0.25) is 9.59 Å². The van der Waals surface area contributed by atoms with Crippen LogP contribution < -0.4 is 21.1 Å². The van der Waals surface area contributed by atoms with E-state index in [0.717, 1.165) is 38.9 Å². The van der Waals surface area contributed by atoms with Gasteiger partial charge in [0, 0.05) is 26.7 Å². The van der Waals surface area contributed by atoms with Crippen LogP contribution in [0.25, 0.3) is 0 Å². The zero-order valence-corrected chi connectivity index (χ0v) is 23.5. The summed E-state index contributed by atoms with van der Waals surface area (Å²) in [5.74, 6) is 0. The van der Waals surface area contributed by atoms with E-state index >= 15 is 0 Å². The molecule has 0 heterocycles. The average molecular weight is 468 g/mol. The molecule has 0 aromatic heterocycles. The number of hydrogen-bond donors (Lipinski definition) is 1. The van der Waals surface area contributed by atoms with E-state index in [1.165, 1.54) is 57.8 Å². The van der Waals surface area contributed by atoms with Gasteiger partial charge in [0.1, 0.15) is 11.4 Å². The van der Waals surface area contributed by atoms with E-state index in [0.29, 0.717) is 17.9 Å². The second-order valence-electron chi connectivity index (χ2n) is 9.22. The number of unbranched alkanes of at least 4 members (excludes halogenated alkanes) is 8. The first-order valence-corrected chi connectivity index (χ1v) is 13.8. The van der Waals surface area contributed by atoms with Gasteiger partial charge in [0.05, 0.1) is 0 Å². The first-order chi connectivity index (χ1) is 15.9. The van der Waals surface area contributed by atoms with Gasteiger partial charge in [-0.2, -0.15) is 0 Å². The van der Waals surface area contributed by atoms with Crippen molar-refractivity contribution in [3.8, 4) is 0 Å². The molecule has 0 atom stereocenters. The number of nitrogens with zero attached hydrogens (tertiary/aromatic N) is 2. The Morgan fingerprint density at radius 3 is 1.64 bits per heavy atom. The predicted molar refractivity (Wildman–Crippen MR) is 150 cm³/mol. The molecule has 196 valence electrons. The van der Waals surface area contributed by atoms with Crippen molar-refractivity contribution < 1.29 is 0 Å². The zero-order valence-electron chi connectivity index (χ0n) is 23.5. The molecule has 0 aliphatic rings. The normalized spacial score (nSPS) is 10.5. The summed E-state index contributed by atoms with van der Waals surface area (Å²) in [6.45, 7) is 16.5. The molecule has 0 unspecified atom stereocenters. The molecule has 0 bridgehead atoms. The molecule has 0 saturated carbocycles. The fourth-order valence-electron chi connectivity index (χ4n) is 3.26. The number of hydrogen-bond acceptors (Lipinski definition) is 5. The number of nitrogens with one attached hydrogen (secondary N) is 1. The summed E-state index contributed by atoms with van der Waals surface area (Å²) < 4.78 is 0. The van der Waals surface area contributed by atoms with E-state index in [-0.39, 0.29) is 10.9 Å². The smallest absolute Gasteiger partial charge is 0.253 e. The summed E-state index contributed by atoms with van der Waals surface area (Å²) in [6.07, 6.45) is 15.1. The molecule has 5 heteroatoms. The van der Waals surface area contributed by atoms with Crippen molar-refractivity contribution in [3.63, 3.8) is 0 Å². The second-order valence-corrected chi connectivity index (χ2v) is 9.22. The maximum atomic E-state index is 11.9. The lowest BCUT2D eigenvalue weighted by molar-refractivity contribution is 0.335. The van der Waals surface area contributed by atoms with Crippen LogP contribution in [-0.2, 0) is 0 Å². The van der Waals surface area contributed by atoms with Gasteiger partial charge in [-0.05, 0) is 26.4 Å². The van der Waals surface area contributed by atoms with Crippen molar-refractivity contribution in [2.75, 3.05) is 50.5 Å². The van der Waals surface area contributed by atoms with Gasteiger partial charge >= 0.3 is 0 Å². The third-order valence-corrected chi connectivity index (χ3v) is 5.55. The lowest BCUT2D eigenvalue weighted by Crippen LogP contribution is -2.42. The third kappa shape index (κ3) is 16.8. The summed E-state index contributed by atoms with van der Waals surface area (Å²) in [7, 11) is 4.02. The lowest BCUT2D eigenvalue weighted by Gasteiger charge is -2.24. The minimum absolute atomic E-state index is 0.341. The molecule has 0 aliphatic carbocycles. The summed E-state index contributed by atoms with van der Waals surface area (Å²) >= 11 is 0. The Kier molecular flexibility index (Phi) is 24.4. The summed E-state index contributed by atoms with van der Waals surface area (Å²) in [5, 5.41) is 3.20. The number of likely N-dealkylation sites (N-methyl/N-ethyl adjacent to an activating group) is 1. The van der Waals surface area contributed by atoms with Gasteiger partial charge < -0.3 is 15.1 Å². The fourth-order valence-corrected chi connectivity index (χ4v) is 3.26.